The molecule has 0 aliphatic rings. The van der Waals surface area contributed by atoms with Crippen molar-refractivity contribution in [1.82, 2.24) is 4.98 Å². The number of hydrogen-bond acceptors (Lipinski definition) is 4. The van der Waals surface area contributed by atoms with Gasteiger partial charge in [-0.2, -0.15) is 0 Å². The van der Waals surface area contributed by atoms with Crippen LogP contribution in [-0.4, -0.2) is 25.0 Å². The minimum Gasteiger partial charge on any atom is -0.496 e. The Kier molecular flexibility index (Phi) is 4.57. The van der Waals surface area contributed by atoms with E-state index in [1.54, 1.807) is 37.5 Å². The van der Waals surface area contributed by atoms with Crippen molar-refractivity contribution in [3.8, 4) is 5.75 Å². The molecule has 0 unspecified atom stereocenters. The average Bonchev–Trinajstić information content (AvgIpc) is 2.48. The van der Waals surface area contributed by atoms with Crippen molar-refractivity contribution in [2.75, 3.05) is 24.8 Å². The third kappa shape index (κ3) is 3.27. The van der Waals surface area contributed by atoms with Gasteiger partial charge in [-0.3, -0.25) is 4.79 Å². The van der Waals surface area contributed by atoms with Gasteiger partial charge in [-0.25, -0.2) is 4.98 Å². The Balaban J connectivity index is 2.20. The van der Waals surface area contributed by atoms with Crippen LogP contribution in [0.4, 0.5) is 11.5 Å². The summed E-state index contributed by atoms with van der Waals surface area (Å²) < 4.78 is 6.00. The first-order valence-electron chi connectivity index (χ1n) is 5.92. The molecule has 0 bridgehead atoms. The molecular weight excluding hydrogens is 322 g/mol. The number of benzene rings is 1. The number of ether oxygens (including phenoxy) is 1. The molecule has 0 saturated carbocycles. The van der Waals surface area contributed by atoms with Crippen LogP contribution in [0.15, 0.2) is 41.0 Å². The Morgan fingerprint density at radius 2 is 2.10 bits per heavy atom. The van der Waals surface area contributed by atoms with Gasteiger partial charge in [0.2, 0.25) is 0 Å². The minimum absolute atomic E-state index is 0.248. The van der Waals surface area contributed by atoms with Crippen molar-refractivity contribution in [3.63, 3.8) is 0 Å². The molecule has 2 aromatic rings. The molecule has 20 heavy (non-hydrogen) atoms. The number of anilines is 2. The van der Waals surface area contributed by atoms with Crippen molar-refractivity contribution in [2.24, 2.45) is 0 Å². The molecule has 0 fully saturated rings. The molecule has 0 spiro atoms. The van der Waals surface area contributed by atoms with Crippen LogP contribution in [0.3, 0.4) is 0 Å². The standard InChI is InChI=1S/C14H14BrN3O2/c1-16-13-6-4-10(8-17-13)18-14(19)11-7-9(15)3-5-12(11)20-2/h3-8H,1-2H3,(H,16,17)(H,18,19). The highest BCUT2D eigenvalue weighted by molar-refractivity contribution is 9.10. The molecule has 0 aliphatic carbocycles. The monoisotopic (exact) mass is 335 g/mol. The van der Waals surface area contributed by atoms with Gasteiger partial charge in [-0.05, 0) is 30.3 Å². The SMILES string of the molecule is CNc1ccc(NC(=O)c2cc(Br)ccc2OC)cn1. The summed E-state index contributed by atoms with van der Waals surface area (Å²) in [6.45, 7) is 0. The molecule has 6 heteroatoms. The van der Waals surface area contributed by atoms with E-state index in [1.807, 2.05) is 6.07 Å². The molecular formula is C14H14BrN3O2. The van der Waals surface area contributed by atoms with E-state index >= 15 is 0 Å². The second kappa shape index (κ2) is 6.38. The highest BCUT2D eigenvalue weighted by atomic mass is 79.9. The number of nitrogens with zero attached hydrogens (tertiary/aromatic N) is 1. The molecule has 1 heterocycles. The fourth-order valence-electron chi connectivity index (χ4n) is 1.67. The molecule has 0 saturated heterocycles. The predicted molar refractivity (Wildman–Crippen MR) is 82.4 cm³/mol. The van der Waals surface area contributed by atoms with Gasteiger partial charge in [-0.15, -0.1) is 0 Å². The lowest BCUT2D eigenvalue weighted by molar-refractivity contribution is 0.102. The van der Waals surface area contributed by atoms with E-state index in [9.17, 15) is 4.79 Å². The van der Waals surface area contributed by atoms with E-state index in [0.29, 0.717) is 17.0 Å². The number of rotatable bonds is 4. The van der Waals surface area contributed by atoms with Gasteiger partial charge in [-0.1, -0.05) is 15.9 Å². The summed E-state index contributed by atoms with van der Waals surface area (Å²) in [6, 6.07) is 8.83. The third-order valence-electron chi connectivity index (χ3n) is 2.68. The molecule has 2 rings (SSSR count). The fourth-order valence-corrected chi connectivity index (χ4v) is 2.03. The van der Waals surface area contributed by atoms with Crippen molar-refractivity contribution in [3.05, 3.63) is 46.6 Å². The second-order valence-electron chi connectivity index (χ2n) is 3.98. The lowest BCUT2D eigenvalue weighted by Crippen LogP contribution is -2.13. The molecule has 1 amide bonds. The summed E-state index contributed by atoms with van der Waals surface area (Å²) in [4.78, 5) is 16.4. The Morgan fingerprint density at radius 1 is 1.30 bits per heavy atom. The third-order valence-corrected chi connectivity index (χ3v) is 3.18. The van der Waals surface area contributed by atoms with Crippen molar-refractivity contribution in [1.29, 1.82) is 0 Å². The smallest absolute Gasteiger partial charge is 0.259 e. The quantitative estimate of drug-likeness (QED) is 0.900. The molecule has 1 aromatic carbocycles. The molecule has 0 radical (unpaired) electrons. The Labute approximate surface area is 125 Å². The van der Waals surface area contributed by atoms with Gasteiger partial charge in [0.15, 0.2) is 0 Å². The summed E-state index contributed by atoms with van der Waals surface area (Å²) >= 11 is 3.34. The normalized spacial score (nSPS) is 9.95. The van der Waals surface area contributed by atoms with Crippen LogP contribution >= 0.6 is 15.9 Å². The predicted octanol–water partition coefficient (Wildman–Crippen LogP) is 3.15. The number of carbonyl (C=O) groups excluding carboxylic acids is 1. The summed E-state index contributed by atoms with van der Waals surface area (Å²) in [7, 11) is 3.32. The first-order chi connectivity index (χ1) is 9.63. The molecule has 5 nitrogen and oxygen atoms in total. The number of halogens is 1. The maximum absolute atomic E-state index is 12.2. The highest BCUT2D eigenvalue weighted by Crippen LogP contribution is 2.24. The van der Waals surface area contributed by atoms with Crippen LogP contribution in [0.2, 0.25) is 0 Å². The zero-order valence-corrected chi connectivity index (χ0v) is 12.7. The number of methoxy groups -OCH3 is 1. The van der Waals surface area contributed by atoms with Crippen molar-refractivity contribution < 1.29 is 9.53 Å². The number of carbonyl (C=O) groups is 1. The van der Waals surface area contributed by atoms with Gasteiger partial charge in [0.05, 0.1) is 24.6 Å². The minimum atomic E-state index is -0.248. The lowest BCUT2D eigenvalue weighted by Gasteiger charge is -2.10. The Hall–Kier alpha value is -2.08. The maximum Gasteiger partial charge on any atom is 0.259 e. The van der Waals surface area contributed by atoms with E-state index in [-0.39, 0.29) is 5.91 Å². The Bertz CT molecular complexity index is 614. The van der Waals surface area contributed by atoms with Gasteiger partial charge < -0.3 is 15.4 Å². The van der Waals surface area contributed by atoms with E-state index in [2.05, 4.69) is 31.5 Å². The van der Waals surface area contributed by atoms with Crippen LogP contribution in [-0.2, 0) is 0 Å². The molecule has 104 valence electrons. The summed E-state index contributed by atoms with van der Waals surface area (Å²) in [5.74, 6) is 1.01. The van der Waals surface area contributed by atoms with Gasteiger partial charge in [0.25, 0.3) is 5.91 Å². The van der Waals surface area contributed by atoms with Crippen molar-refractivity contribution >= 4 is 33.3 Å². The lowest BCUT2D eigenvalue weighted by atomic mass is 10.2. The van der Waals surface area contributed by atoms with Crippen LogP contribution < -0.4 is 15.4 Å². The van der Waals surface area contributed by atoms with Gasteiger partial charge in [0, 0.05) is 11.5 Å². The second-order valence-corrected chi connectivity index (χ2v) is 4.90. The maximum atomic E-state index is 12.2. The topological polar surface area (TPSA) is 63.2 Å². The highest BCUT2D eigenvalue weighted by Gasteiger charge is 2.13. The molecule has 1 aromatic heterocycles. The first-order valence-corrected chi connectivity index (χ1v) is 6.72. The number of aromatic nitrogens is 1. The van der Waals surface area contributed by atoms with Crippen LogP contribution in [0.5, 0.6) is 5.75 Å². The molecule has 2 N–H and O–H groups in total. The number of nitrogens with one attached hydrogen (secondary N) is 2. The zero-order valence-electron chi connectivity index (χ0n) is 11.1. The van der Waals surface area contributed by atoms with E-state index in [4.69, 9.17) is 4.74 Å². The van der Waals surface area contributed by atoms with Crippen LogP contribution in [0, 0.1) is 0 Å². The fraction of sp³-hybridized carbons (Fsp3) is 0.143. The summed E-state index contributed by atoms with van der Waals surface area (Å²) in [5.41, 5.74) is 1.08. The van der Waals surface area contributed by atoms with E-state index < -0.39 is 0 Å². The molecule has 0 atom stereocenters. The number of hydrogen-bond donors (Lipinski definition) is 2. The number of amides is 1. The van der Waals surface area contributed by atoms with Gasteiger partial charge >= 0.3 is 0 Å². The largest absolute Gasteiger partial charge is 0.496 e. The van der Waals surface area contributed by atoms with E-state index in [1.165, 1.54) is 7.11 Å². The number of pyridine rings is 1. The molecule has 0 aliphatic heterocycles. The summed E-state index contributed by atoms with van der Waals surface area (Å²) in [5, 5.41) is 5.70. The summed E-state index contributed by atoms with van der Waals surface area (Å²) in [6.07, 6.45) is 1.59. The van der Waals surface area contributed by atoms with Gasteiger partial charge in [0.1, 0.15) is 11.6 Å². The Morgan fingerprint density at radius 3 is 2.70 bits per heavy atom. The van der Waals surface area contributed by atoms with Crippen LogP contribution in [0.25, 0.3) is 0 Å². The average molecular weight is 336 g/mol. The van der Waals surface area contributed by atoms with Crippen LogP contribution in [0.1, 0.15) is 10.4 Å². The van der Waals surface area contributed by atoms with Crippen molar-refractivity contribution in [2.45, 2.75) is 0 Å². The van der Waals surface area contributed by atoms with E-state index in [0.717, 1.165) is 10.3 Å². The first kappa shape index (κ1) is 14.3. The zero-order chi connectivity index (χ0) is 14.5.